The van der Waals surface area contributed by atoms with Crippen LogP contribution in [-0.2, 0) is 0 Å². The molecule has 19 heavy (non-hydrogen) atoms. The van der Waals surface area contributed by atoms with Crippen LogP contribution in [0.5, 0.6) is 0 Å². The molecule has 0 aliphatic carbocycles. The van der Waals surface area contributed by atoms with Crippen molar-refractivity contribution in [3.8, 4) is 0 Å². The van der Waals surface area contributed by atoms with Gasteiger partial charge in [-0.3, -0.25) is 4.79 Å². The Morgan fingerprint density at radius 2 is 2.37 bits per heavy atom. The Morgan fingerprint density at radius 1 is 1.47 bits per heavy atom. The van der Waals surface area contributed by atoms with Gasteiger partial charge in [-0.05, 0) is 32.0 Å². The van der Waals surface area contributed by atoms with Gasteiger partial charge in [0, 0.05) is 30.7 Å². The smallest absolute Gasteiger partial charge is 0.256 e. The molecule has 0 radical (unpaired) electrons. The first-order valence-electron chi connectivity index (χ1n) is 6.83. The monoisotopic (exact) mass is 257 g/mol. The molecule has 0 saturated carbocycles. The number of hydrogen-bond acceptors (Lipinski definition) is 2. The van der Waals surface area contributed by atoms with E-state index in [4.69, 9.17) is 0 Å². The first-order valence-corrected chi connectivity index (χ1v) is 6.83. The van der Waals surface area contributed by atoms with E-state index in [9.17, 15) is 4.79 Å². The van der Waals surface area contributed by atoms with Crippen molar-refractivity contribution < 1.29 is 4.79 Å². The largest absolute Gasteiger partial charge is 0.361 e. The van der Waals surface area contributed by atoms with Crippen LogP contribution in [0.3, 0.4) is 0 Å². The molecule has 1 aliphatic heterocycles. The predicted molar refractivity (Wildman–Crippen MR) is 76.3 cm³/mol. The number of hydrogen-bond donors (Lipinski definition) is 2. The Hall–Kier alpha value is -1.81. The topological polar surface area (TPSA) is 48.1 Å². The van der Waals surface area contributed by atoms with Crippen molar-refractivity contribution >= 4 is 16.8 Å². The quantitative estimate of drug-likeness (QED) is 0.883. The van der Waals surface area contributed by atoms with Gasteiger partial charge in [0.25, 0.3) is 5.91 Å². The number of aromatic amines is 1. The lowest BCUT2D eigenvalue weighted by Crippen LogP contribution is -2.40. The Bertz CT molecular complexity index is 590. The van der Waals surface area contributed by atoms with Crippen molar-refractivity contribution in [2.75, 3.05) is 20.1 Å². The molecule has 4 nitrogen and oxygen atoms in total. The summed E-state index contributed by atoms with van der Waals surface area (Å²) in [5.41, 5.74) is 1.73. The number of fused-ring (bicyclic) bond motifs is 1. The van der Waals surface area contributed by atoms with Gasteiger partial charge < -0.3 is 15.2 Å². The zero-order valence-corrected chi connectivity index (χ0v) is 11.1. The molecule has 1 atom stereocenters. The molecule has 1 aromatic heterocycles. The number of amides is 1. The highest BCUT2D eigenvalue weighted by Crippen LogP contribution is 2.23. The second-order valence-electron chi connectivity index (χ2n) is 5.10. The van der Waals surface area contributed by atoms with Crippen LogP contribution >= 0.6 is 0 Å². The zero-order valence-electron chi connectivity index (χ0n) is 11.1. The molecule has 2 N–H and O–H groups in total. The van der Waals surface area contributed by atoms with E-state index in [2.05, 4.69) is 10.3 Å². The highest BCUT2D eigenvalue weighted by Gasteiger charge is 2.29. The first-order chi connectivity index (χ1) is 9.31. The van der Waals surface area contributed by atoms with Crippen LogP contribution in [0.1, 0.15) is 23.2 Å². The summed E-state index contributed by atoms with van der Waals surface area (Å²) in [7, 11) is 1.94. The van der Waals surface area contributed by atoms with Gasteiger partial charge in [0.1, 0.15) is 0 Å². The van der Waals surface area contributed by atoms with E-state index >= 15 is 0 Å². The van der Waals surface area contributed by atoms with E-state index in [-0.39, 0.29) is 5.91 Å². The van der Waals surface area contributed by atoms with Gasteiger partial charge in [0.05, 0.1) is 11.1 Å². The van der Waals surface area contributed by atoms with Crippen molar-refractivity contribution in [2.24, 2.45) is 0 Å². The number of benzene rings is 1. The van der Waals surface area contributed by atoms with E-state index < -0.39 is 0 Å². The zero-order chi connectivity index (χ0) is 13.2. The van der Waals surface area contributed by atoms with E-state index in [1.807, 2.05) is 42.4 Å². The van der Waals surface area contributed by atoms with Crippen LogP contribution in [-0.4, -0.2) is 42.0 Å². The molecule has 0 bridgehead atoms. The van der Waals surface area contributed by atoms with E-state index in [0.717, 1.165) is 42.4 Å². The third-order valence-electron chi connectivity index (χ3n) is 3.90. The Kier molecular flexibility index (Phi) is 3.25. The average Bonchev–Trinajstić information content (AvgIpc) is 3.06. The third-order valence-corrected chi connectivity index (χ3v) is 3.90. The van der Waals surface area contributed by atoms with Crippen LogP contribution in [0.2, 0.25) is 0 Å². The van der Waals surface area contributed by atoms with Gasteiger partial charge in [-0.2, -0.15) is 0 Å². The fourth-order valence-corrected chi connectivity index (χ4v) is 2.97. The van der Waals surface area contributed by atoms with Crippen LogP contribution in [0.4, 0.5) is 0 Å². The number of likely N-dealkylation sites (N-methyl/N-ethyl adjacent to an activating group) is 1. The maximum absolute atomic E-state index is 12.7. The second-order valence-corrected chi connectivity index (χ2v) is 5.10. The minimum atomic E-state index is 0.144. The number of H-pyrrole nitrogens is 1. The molecular weight excluding hydrogens is 238 g/mol. The molecule has 1 saturated heterocycles. The fraction of sp³-hybridized carbons (Fsp3) is 0.400. The number of rotatable bonds is 3. The average molecular weight is 257 g/mol. The van der Waals surface area contributed by atoms with E-state index in [0.29, 0.717) is 6.04 Å². The summed E-state index contributed by atoms with van der Waals surface area (Å²) >= 11 is 0. The van der Waals surface area contributed by atoms with Gasteiger partial charge in [-0.1, -0.05) is 12.1 Å². The lowest BCUT2D eigenvalue weighted by molar-refractivity contribution is 0.0739. The van der Waals surface area contributed by atoms with Gasteiger partial charge in [-0.15, -0.1) is 0 Å². The number of carbonyl (C=O) groups is 1. The van der Waals surface area contributed by atoms with Crippen LogP contribution in [0.15, 0.2) is 30.5 Å². The summed E-state index contributed by atoms with van der Waals surface area (Å²) in [5, 5.41) is 4.27. The Morgan fingerprint density at radius 3 is 3.21 bits per heavy atom. The molecule has 3 rings (SSSR count). The Labute approximate surface area is 112 Å². The Balaban J connectivity index is 1.93. The molecule has 1 aromatic carbocycles. The van der Waals surface area contributed by atoms with Crippen molar-refractivity contribution in [3.63, 3.8) is 0 Å². The number of para-hydroxylation sites is 1. The maximum atomic E-state index is 12.7. The molecule has 2 heterocycles. The summed E-state index contributed by atoms with van der Waals surface area (Å²) in [6, 6.07) is 8.21. The van der Waals surface area contributed by atoms with Gasteiger partial charge >= 0.3 is 0 Å². The maximum Gasteiger partial charge on any atom is 0.256 e. The number of nitrogens with zero attached hydrogens (tertiary/aromatic N) is 1. The van der Waals surface area contributed by atoms with Gasteiger partial charge in [0.15, 0.2) is 0 Å². The summed E-state index contributed by atoms with van der Waals surface area (Å²) in [6.07, 6.45) is 4.07. The SMILES string of the molecule is CNCC1CCCN1C(=O)c1cccc2cc[nH]c12. The van der Waals surface area contributed by atoms with E-state index in [1.54, 1.807) is 0 Å². The minimum absolute atomic E-state index is 0.144. The van der Waals surface area contributed by atoms with Crippen molar-refractivity contribution in [2.45, 2.75) is 18.9 Å². The molecule has 1 amide bonds. The van der Waals surface area contributed by atoms with Gasteiger partial charge in [-0.25, -0.2) is 0 Å². The van der Waals surface area contributed by atoms with Crippen molar-refractivity contribution in [1.29, 1.82) is 0 Å². The number of carbonyl (C=O) groups excluding carboxylic acids is 1. The highest BCUT2D eigenvalue weighted by molar-refractivity contribution is 6.05. The fourth-order valence-electron chi connectivity index (χ4n) is 2.97. The summed E-state index contributed by atoms with van der Waals surface area (Å²) in [4.78, 5) is 17.9. The summed E-state index contributed by atoms with van der Waals surface area (Å²) in [6.45, 7) is 1.73. The van der Waals surface area contributed by atoms with Crippen molar-refractivity contribution in [3.05, 3.63) is 36.0 Å². The predicted octanol–water partition coefficient (Wildman–Crippen LogP) is 1.99. The summed E-state index contributed by atoms with van der Waals surface area (Å²) < 4.78 is 0. The minimum Gasteiger partial charge on any atom is -0.361 e. The van der Waals surface area contributed by atoms with Crippen LogP contribution < -0.4 is 5.32 Å². The number of likely N-dealkylation sites (tertiary alicyclic amines) is 1. The normalized spacial score (nSPS) is 19.2. The second kappa shape index (κ2) is 5.05. The molecule has 1 aliphatic rings. The van der Waals surface area contributed by atoms with Gasteiger partial charge in [0.2, 0.25) is 0 Å². The highest BCUT2D eigenvalue weighted by atomic mass is 16.2. The standard InChI is InChI=1S/C15H19N3O/c1-16-10-12-5-3-9-18(12)15(19)13-6-2-4-11-7-8-17-14(11)13/h2,4,6-8,12,16-17H,3,5,9-10H2,1H3. The van der Waals surface area contributed by atoms with E-state index in [1.165, 1.54) is 0 Å². The van der Waals surface area contributed by atoms with Crippen LogP contribution in [0, 0.1) is 0 Å². The van der Waals surface area contributed by atoms with Crippen LogP contribution in [0.25, 0.3) is 10.9 Å². The molecule has 1 fully saturated rings. The lowest BCUT2D eigenvalue weighted by atomic mass is 10.1. The third kappa shape index (κ3) is 2.12. The molecule has 2 aromatic rings. The first kappa shape index (κ1) is 12.2. The molecule has 4 heteroatoms. The number of nitrogens with one attached hydrogen (secondary N) is 2. The molecule has 0 spiro atoms. The molecule has 100 valence electrons. The number of aromatic nitrogens is 1. The lowest BCUT2D eigenvalue weighted by Gasteiger charge is -2.24. The summed E-state index contributed by atoms with van der Waals surface area (Å²) in [5.74, 6) is 0.144. The molecular formula is C15H19N3O. The molecule has 1 unspecified atom stereocenters. The van der Waals surface area contributed by atoms with Crippen molar-refractivity contribution in [1.82, 2.24) is 15.2 Å².